The van der Waals surface area contributed by atoms with Crippen molar-refractivity contribution < 1.29 is 0 Å². The summed E-state index contributed by atoms with van der Waals surface area (Å²) >= 11 is 0. The molecule has 4 aliphatic rings. The first kappa shape index (κ1) is 15.5. The predicted octanol–water partition coefficient (Wildman–Crippen LogP) is 6.69. The number of hydrogen-bond donors (Lipinski definition) is 0. The van der Waals surface area contributed by atoms with Crippen molar-refractivity contribution in [1.29, 1.82) is 0 Å². The molecular weight excluding hydrogens is 264 g/mol. The Morgan fingerprint density at radius 3 is 2.50 bits per heavy atom. The summed E-state index contributed by atoms with van der Waals surface area (Å²) in [4.78, 5) is 0. The van der Waals surface area contributed by atoms with Gasteiger partial charge in [-0.2, -0.15) is 0 Å². The van der Waals surface area contributed by atoms with Crippen molar-refractivity contribution in [2.24, 2.45) is 46.8 Å². The van der Waals surface area contributed by atoms with Crippen molar-refractivity contribution in [2.45, 2.75) is 91.4 Å². The minimum atomic E-state index is 0.816. The molecule has 126 valence electrons. The fraction of sp³-hybridized carbons (Fsp3) is 1.00. The molecule has 1 spiro atoms. The van der Waals surface area contributed by atoms with Crippen LogP contribution < -0.4 is 0 Å². The molecule has 22 heavy (non-hydrogen) atoms. The Hall–Kier alpha value is 0. The molecule has 4 saturated carbocycles. The fourth-order valence-corrected chi connectivity index (χ4v) is 8.45. The van der Waals surface area contributed by atoms with Crippen molar-refractivity contribution in [3.05, 3.63) is 0 Å². The third-order valence-electron chi connectivity index (χ3n) is 9.01. The maximum absolute atomic E-state index is 2.52. The van der Waals surface area contributed by atoms with Crippen LogP contribution in [-0.2, 0) is 0 Å². The zero-order valence-corrected chi connectivity index (χ0v) is 15.3. The monoisotopic (exact) mass is 302 g/mol. The van der Waals surface area contributed by atoms with E-state index in [2.05, 4.69) is 20.8 Å². The molecule has 5 unspecified atom stereocenters. The molecule has 0 aromatic rings. The molecular formula is C22H38. The Bertz CT molecular complexity index is 399. The molecule has 0 bridgehead atoms. The summed E-state index contributed by atoms with van der Waals surface area (Å²) in [5.41, 5.74) is 0.816. The van der Waals surface area contributed by atoms with Gasteiger partial charge in [-0.3, -0.25) is 0 Å². The molecule has 0 heterocycles. The first-order valence-electron chi connectivity index (χ1n) is 10.7. The maximum Gasteiger partial charge on any atom is -0.0207 e. The van der Waals surface area contributed by atoms with E-state index in [-0.39, 0.29) is 0 Å². The average Bonchev–Trinajstić information content (AvgIpc) is 3.05. The summed E-state index contributed by atoms with van der Waals surface area (Å²) in [6.45, 7) is 7.45. The van der Waals surface area contributed by atoms with Crippen LogP contribution >= 0.6 is 0 Å². The SMILES string of the molecule is CCCC1CCC23C(CC[C@H]12)C1CC[C@@H](C)CC1C[C@@H]3CC. The van der Waals surface area contributed by atoms with Gasteiger partial charge in [0.05, 0.1) is 0 Å². The molecule has 4 rings (SSSR count). The molecule has 4 fully saturated rings. The highest BCUT2D eigenvalue weighted by Crippen LogP contribution is 2.71. The van der Waals surface area contributed by atoms with Crippen LogP contribution in [0.3, 0.4) is 0 Å². The Labute approximate surface area is 138 Å². The highest BCUT2D eigenvalue weighted by Gasteiger charge is 2.63. The predicted molar refractivity (Wildman–Crippen MR) is 94.7 cm³/mol. The number of fused-ring (bicyclic) bond motifs is 2. The summed E-state index contributed by atoms with van der Waals surface area (Å²) in [5.74, 6) is 7.69. The first-order valence-corrected chi connectivity index (χ1v) is 10.7. The van der Waals surface area contributed by atoms with E-state index in [1.165, 1.54) is 25.7 Å². The zero-order valence-electron chi connectivity index (χ0n) is 15.3. The second-order valence-electron chi connectivity index (χ2n) is 9.67. The molecule has 0 amide bonds. The molecule has 0 aromatic heterocycles. The van der Waals surface area contributed by atoms with Crippen LogP contribution in [0.25, 0.3) is 0 Å². The highest BCUT2D eigenvalue weighted by atomic mass is 14.7. The van der Waals surface area contributed by atoms with Gasteiger partial charge in [-0.15, -0.1) is 0 Å². The van der Waals surface area contributed by atoms with Crippen LogP contribution in [0.1, 0.15) is 91.4 Å². The van der Waals surface area contributed by atoms with Crippen LogP contribution in [0, 0.1) is 46.8 Å². The van der Waals surface area contributed by atoms with E-state index in [1.807, 2.05) is 0 Å². The van der Waals surface area contributed by atoms with Crippen LogP contribution in [0.2, 0.25) is 0 Å². The summed E-state index contributed by atoms with van der Waals surface area (Å²) in [5, 5.41) is 0. The van der Waals surface area contributed by atoms with Gasteiger partial charge >= 0.3 is 0 Å². The summed E-state index contributed by atoms with van der Waals surface area (Å²) < 4.78 is 0. The van der Waals surface area contributed by atoms with Gasteiger partial charge in [0.15, 0.2) is 0 Å². The average molecular weight is 303 g/mol. The van der Waals surface area contributed by atoms with Gasteiger partial charge in [0, 0.05) is 0 Å². The van der Waals surface area contributed by atoms with Gasteiger partial charge in [0.1, 0.15) is 0 Å². The second-order valence-corrected chi connectivity index (χ2v) is 9.67. The number of hydrogen-bond acceptors (Lipinski definition) is 0. The molecule has 0 aromatic carbocycles. The Kier molecular flexibility index (Phi) is 4.10. The summed E-state index contributed by atoms with van der Waals surface area (Å²) in [6, 6.07) is 0. The van der Waals surface area contributed by atoms with E-state index in [9.17, 15) is 0 Å². The van der Waals surface area contributed by atoms with Crippen LogP contribution in [0.4, 0.5) is 0 Å². The highest BCUT2D eigenvalue weighted by molar-refractivity contribution is 5.12. The lowest BCUT2D eigenvalue weighted by Crippen LogP contribution is -2.49. The Balaban J connectivity index is 1.64. The minimum absolute atomic E-state index is 0.816. The van der Waals surface area contributed by atoms with Gasteiger partial charge in [-0.25, -0.2) is 0 Å². The molecule has 0 N–H and O–H groups in total. The minimum Gasteiger partial charge on any atom is -0.0654 e. The van der Waals surface area contributed by atoms with Crippen LogP contribution in [0.15, 0.2) is 0 Å². The lowest BCUT2D eigenvalue weighted by Gasteiger charge is -2.56. The third kappa shape index (κ3) is 2.07. The number of rotatable bonds is 3. The van der Waals surface area contributed by atoms with Gasteiger partial charge in [-0.1, -0.05) is 46.5 Å². The lowest BCUT2D eigenvalue weighted by molar-refractivity contribution is -0.0728. The standard InChI is InChI=1S/C22H38/c1-4-6-16-11-12-22-18(5-2)14-17-13-15(3)7-8-19(17)21(22)10-9-20(16)22/h15-21H,4-14H2,1-3H3/t15-,16?,17?,18+,19?,20-,21?,22?/m1/s1. The van der Waals surface area contributed by atoms with Gasteiger partial charge in [-0.05, 0) is 91.8 Å². The maximum atomic E-state index is 2.52. The molecule has 0 saturated heterocycles. The Morgan fingerprint density at radius 1 is 0.909 bits per heavy atom. The topological polar surface area (TPSA) is 0 Å². The van der Waals surface area contributed by atoms with Gasteiger partial charge < -0.3 is 0 Å². The van der Waals surface area contributed by atoms with Crippen LogP contribution in [-0.4, -0.2) is 0 Å². The van der Waals surface area contributed by atoms with E-state index in [4.69, 9.17) is 0 Å². The summed E-state index contributed by atoms with van der Waals surface area (Å²) in [7, 11) is 0. The van der Waals surface area contributed by atoms with Gasteiger partial charge in [0.2, 0.25) is 0 Å². The quantitative estimate of drug-likeness (QED) is 0.544. The van der Waals surface area contributed by atoms with E-state index >= 15 is 0 Å². The van der Waals surface area contributed by atoms with Crippen molar-refractivity contribution in [3.63, 3.8) is 0 Å². The van der Waals surface area contributed by atoms with E-state index in [0.29, 0.717) is 0 Å². The van der Waals surface area contributed by atoms with Gasteiger partial charge in [0.25, 0.3) is 0 Å². The molecule has 0 heteroatoms. The van der Waals surface area contributed by atoms with Crippen molar-refractivity contribution in [1.82, 2.24) is 0 Å². The molecule has 0 radical (unpaired) electrons. The fourth-order valence-electron chi connectivity index (χ4n) is 8.45. The Morgan fingerprint density at radius 2 is 1.73 bits per heavy atom. The molecule has 0 aliphatic heterocycles. The largest absolute Gasteiger partial charge is 0.0654 e. The third-order valence-corrected chi connectivity index (χ3v) is 9.01. The van der Waals surface area contributed by atoms with Crippen molar-refractivity contribution in [3.8, 4) is 0 Å². The van der Waals surface area contributed by atoms with E-state index in [1.54, 1.807) is 44.9 Å². The molecule has 0 nitrogen and oxygen atoms in total. The molecule has 8 atom stereocenters. The normalized spacial score (nSPS) is 53.9. The van der Waals surface area contributed by atoms with E-state index < -0.39 is 0 Å². The first-order chi connectivity index (χ1) is 10.7. The second kappa shape index (κ2) is 5.82. The lowest BCUT2D eigenvalue weighted by atomic mass is 9.49. The zero-order chi connectivity index (χ0) is 15.3. The van der Waals surface area contributed by atoms with Crippen LogP contribution in [0.5, 0.6) is 0 Å². The van der Waals surface area contributed by atoms with E-state index in [0.717, 1.165) is 46.8 Å². The smallest absolute Gasteiger partial charge is 0.0207 e. The summed E-state index contributed by atoms with van der Waals surface area (Å²) in [6.07, 6.45) is 17.1. The van der Waals surface area contributed by atoms with Crippen molar-refractivity contribution in [2.75, 3.05) is 0 Å². The van der Waals surface area contributed by atoms with Crippen molar-refractivity contribution >= 4 is 0 Å². The molecule has 4 aliphatic carbocycles.